The Hall–Kier alpha value is -2.31. The lowest BCUT2D eigenvalue weighted by Crippen LogP contribution is -2.17. The van der Waals surface area contributed by atoms with E-state index in [0.29, 0.717) is 43.0 Å². The highest BCUT2D eigenvalue weighted by atomic mass is 35.5. The summed E-state index contributed by atoms with van der Waals surface area (Å²) in [7, 11) is 0. The molecular formula is C18H10Cl2F3N3. The van der Waals surface area contributed by atoms with Crippen molar-refractivity contribution in [2.45, 2.75) is 12.7 Å². The van der Waals surface area contributed by atoms with Crippen LogP contribution in [0.5, 0.6) is 0 Å². The van der Waals surface area contributed by atoms with Crippen molar-refractivity contribution >= 4 is 45.0 Å². The summed E-state index contributed by atoms with van der Waals surface area (Å²) in [6, 6.07) is 6.52. The molecule has 3 aromatic heterocycles. The van der Waals surface area contributed by atoms with Gasteiger partial charge in [0.15, 0.2) is 0 Å². The maximum absolute atomic E-state index is 13.3. The molecule has 0 aliphatic carbocycles. The molecule has 0 bridgehead atoms. The molecule has 4 aromatic rings. The van der Waals surface area contributed by atoms with Crippen molar-refractivity contribution in [3.8, 4) is 11.1 Å². The monoisotopic (exact) mass is 395 g/mol. The summed E-state index contributed by atoms with van der Waals surface area (Å²) in [5.74, 6) is 0. The van der Waals surface area contributed by atoms with Crippen molar-refractivity contribution in [1.82, 2.24) is 14.5 Å². The number of hydrogen-bond acceptors (Lipinski definition) is 2. The number of rotatable bonds is 2. The fourth-order valence-electron chi connectivity index (χ4n) is 3.17. The van der Waals surface area contributed by atoms with Crippen LogP contribution >= 0.6 is 23.2 Å². The van der Waals surface area contributed by atoms with Gasteiger partial charge in [0.1, 0.15) is 6.54 Å². The molecule has 0 radical (unpaired) electrons. The summed E-state index contributed by atoms with van der Waals surface area (Å²) in [5, 5.41) is 2.03. The molecule has 0 atom stereocenters. The average molecular weight is 396 g/mol. The molecule has 0 aliphatic heterocycles. The second-order valence-electron chi connectivity index (χ2n) is 5.80. The zero-order valence-corrected chi connectivity index (χ0v) is 14.6. The summed E-state index contributed by atoms with van der Waals surface area (Å²) in [4.78, 5) is 8.03. The van der Waals surface area contributed by atoms with Crippen LogP contribution in [0.25, 0.3) is 32.9 Å². The molecule has 0 unspecified atom stereocenters. The van der Waals surface area contributed by atoms with Crippen LogP contribution < -0.4 is 0 Å². The van der Waals surface area contributed by atoms with E-state index in [-0.39, 0.29) is 0 Å². The van der Waals surface area contributed by atoms with E-state index in [1.54, 1.807) is 24.3 Å². The molecule has 4 rings (SSSR count). The lowest BCUT2D eigenvalue weighted by atomic mass is 10.0. The average Bonchev–Trinajstić information content (AvgIpc) is 2.87. The van der Waals surface area contributed by atoms with E-state index in [1.165, 1.54) is 29.4 Å². The number of nitrogens with zero attached hydrogens (tertiary/aromatic N) is 3. The van der Waals surface area contributed by atoms with Gasteiger partial charge in [0.25, 0.3) is 0 Å². The third-order valence-electron chi connectivity index (χ3n) is 4.12. The number of halogens is 5. The summed E-state index contributed by atoms with van der Waals surface area (Å²) in [5.41, 5.74) is 1.78. The van der Waals surface area contributed by atoms with Crippen molar-refractivity contribution in [2.75, 3.05) is 0 Å². The number of fused-ring (bicyclic) bond motifs is 3. The van der Waals surface area contributed by atoms with Gasteiger partial charge in [0.2, 0.25) is 0 Å². The van der Waals surface area contributed by atoms with E-state index >= 15 is 0 Å². The summed E-state index contributed by atoms with van der Waals surface area (Å²) < 4.78 is 41.0. The van der Waals surface area contributed by atoms with Gasteiger partial charge in [-0.3, -0.25) is 9.97 Å². The van der Waals surface area contributed by atoms with Crippen LogP contribution in [0.3, 0.4) is 0 Å². The second-order valence-corrected chi connectivity index (χ2v) is 6.64. The molecule has 0 N–H and O–H groups in total. The SMILES string of the molecule is FC(F)(F)Cn1c2cnccc2c2cc(Cl)cc(-c3cnccc3Cl)c21. The van der Waals surface area contributed by atoms with Crippen LogP contribution in [0.2, 0.25) is 10.0 Å². The first kappa shape index (κ1) is 17.1. The summed E-state index contributed by atoms with van der Waals surface area (Å²) in [6.07, 6.45) is 1.59. The maximum atomic E-state index is 13.3. The Kier molecular flexibility index (Phi) is 4.04. The maximum Gasteiger partial charge on any atom is 0.406 e. The molecule has 0 fully saturated rings. The highest BCUT2D eigenvalue weighted by Gasteiger charge is 2.30. The Balaban J connectivity index is 2.18. The molecule has 3 heterocycles. The normalized spacial score (nSPS) is 12.2. The topological polar surface area (TPSA) is 30.7 Å². The first-order chi connectivity index (χ1) is 12.3. The fourth-order valence-corrected chi connectivity index (χ4v) is 3.59. The second kappa shape index (κ2) is 6.14. The highest BCUT2D eigenvalue weighted by molar-refractivity contribution is 6.35. The van der Waals surface area contributed by atoms with Crippen molar-refractivity contribution in [1.29, 1.82) is 0 Å². The number of hydrogen-bond donors (Lipinski definition) is 0. The van der Waals surface area contributed by atoms with E-state index in [9.17, 15) is 13.2 Å². The quantitative estimate of drug-likeness (QED) is 0.409. The predicted octanol–water partition coefficient (Wildman–Crippen LogP) is 6.12. The minimum absolute atomic E-state index is 0.378. The van der Waals surface area contributed by atoms with Gasteiger partial charge in [0.05, 0.1) is 22.3 Å². The van der Waals surface area contributed by atoms with Crippen LogP contribution in [-0.2, 0) is 6.54 Å². The fraction of sp³-hybridized carbons (Fsp3) is 0.111. The zero-order chi connectivity index (χ0) is 18.5. The van der Waals surface area contributed by atoms with E-state index in [1.807, 2.05) is 0 Å². The third-order valence-corrected chi connectivity index (χ3v) is 4.67. The van der Waals surface area contributed by atoms with Crippen LogP contribution in [0.1, 0.15) is 0 Å². The minimum atomic E-state index is -4.40. The van der Waals surface area contributed by atoms with Crippen LogP contribution in [-0.4, -0.2) is 20.7 Å². The van der Waals surface area contributed by atoms with E-state index < -0.39 is 12.7 Å². The molecule has 8 heteroatoms. The van der Waals surface area contributed by atoms with Gasteiger partial charge < -0.3 is 4.57 Å². The molecule has 0 aliphatic rings. The van der Waals surface area contributed by atoms with Gasteiger partial charge in [-0.25, -0.2) is 0 Å². The molecular weight excluding hydrogens is 386 g/mol. The third kappa shape index (κ3) is 2.89. The number of aromatic nitrogens is 3. The molecule has 0 spiro atoms. The predicted molar refractivity (Wildman–Crippen MR) is 96.5 cm³/mol. The number of benzene rings is 1. The molecule has 1 aromatic carbocycles. The van der Waals surface area contributed by atoms with Crippen molar-refractivity contribution in [2.24, 2.45) is 0 Å². The van der Waals surface area contributed by atoms with Gasteiger partial charge in [-0.1, -0.05) is 23.2 Å². The Bertz CT molecular complexity index is 1140. The van der Waals surface area contributed by atoms with Gasteiger partial charge in [-0.2, -0.15) is 13.2 Å². The standard InChI is InChI=1S/C18H10Cl2F3N3/c19-10-5-12-11-1-3-25-8-16(11)26(9-18(21,22)23)17(12)13(6-10)14-7-24-4-2-15(14)20/h1-8H,9H2. The first-order valence-electron chi connectivity index (χ1n) is 7.57. The number of pyridine rings is 2. The molecule has 0 saturated carbocycles. The van der Waals surface area contributed by atoms with Crippen LogP contribution in [0, 0.1) is 0 Å². The van der Waals surface area contributed by atoms with Crippen LogP contribution in [0.15, 0.2) is 49.1 Å². The lowest BCUT2D eigenvalue weighted by molar-refractivity contribution is -0.139. The van der Waals surface area contributed by atoms with Gasteiger partial charge in [-0.15, -0.1) is 0 Å². The summed E-state index contributed by atoms with van der Waals surface area (Å²) >= 11 is 12.5. The largest absolute Gasteiger partial charge is 0.406 e. The van der Waals surface area contributed by atoms with E-state index in [0.717, 1.165) is 0 Å². The Morgan fingerprint density at radius 2 is 1.65 bits per heavy atom. The van der Waals surface area contributed by atoms with E-state index in [2.05, 4.69) is 9.97 Å². The first-order valence-corrected chi connectivity index (χ1v) is 8.33. The minimum Gasteiger partial charge on any atom is -0.329 e. The Labute approximate surface area is 156 Å². The summed E-state index contributed by atoms with van der Waals surface area (Å²) in [6.45, 7) is -1.15. The van der Waals surface area contributed by atoms with Crippen LogP contribution in [0.4, 0.5) is 13.2 Å². The Morgan fingerprint density at radius 3 is 2.38 bits per heavy atom. The van der Waals surface area contributed by atoms with Gasteiger partial charge >= 0.3 is 6.18 Å². The zero-order valence-electron chi connectivity index (χ0n) is 13.1. The van der Waals surface area contributed by atoms with E-state index in [4.69, 9.17) is 23.2 Å². The Morgan fingerprint density at radius 1 is 0.923 bits per heavy atom. The van der Waals surface area contributed by atoms with Crippen molar-refractivity contribution < 1.29 is 13.2 Å². The molecule has 26 heavy (non-hydrogen) atoms. The van der Waals surface area contributed by atoms with Crippen molar-refractivity contribution in [3.63, 3.8) is 0 Å². The van der Waals surface area contributed by atoms with Gasteiger partial charge in [-0.05, 0) is 24.3 Å². The highest BCUT2D eigenvalue weighted by Crippen LogP contribution is 2.40. The smallest absolute Gasteiger partial charge is 0.329 e. The molecule has 0 amide bonds. The van der Waals surface area contributed by atoms with Gasteiger partial charge in [0, 0.05) is 45.5 Å². The molecule has 132 valence electrons. The molecule has 0 saturated heterocycles. The van der Waals surface area contributed by atoms with Crippen molar-refractivity contribution in [3.05, 3.63) is 59.1 Å². The number of alkyl halides is 3. The lowest BCUT2D eigenvalue weighted by Gasteiger charge is -2.14. The molecule has 3 nitrogen and oxygen atoms in total.